The van der Waals surface area contributed by atoms with Crippen molar-refractivity contribution in [3.63, 3.8) is 0 Å². The molecular formula is C12H19N7O. The second-order valence-corrected chi connectivity index (χ2v) is 4.58. The van der Waals surface area contributed by atoms with Gasteiger partial charge in [0.15, 0.2) is 5.69 Å². The fraction of sp³-hybridized carbons (Fsp3) is 0.500. The molecule has 0 aliphatic carbocycles. The Morgan fingerprint density at radius 1 is 1.50 bits per heavy atom. The summed E-state index contributed by atoms with van der Waals surface area (Å²) in [6, 6.07) is 0. The summed E-state index contributed by atoms with van der Waals surface area (Å²) in [5.74, 6) is 0.537. The lowest BCUT2D eigenvalue weighted by Crippen LogP contribution is -2.27. The van der Waals surface area contributed by atoms with E-state index in [9.17, 15) is 4.79 Å². The monoisotopic (exact) mass is 277 g/mol. The minimum atomic E-state index is -0.275. The van der Waals surface area contributed by atoms with E-state index in [0.717, 1.165) is 24.4 Å². The molecule has 0 atom stereocenters. The third-order valence-corrected chi connectivity index (χ3v) is 3.04. The summed E-state index contributed by atoms with van der Waals surface area (Å²) in [6.07, 6.45) is 3.96. The zero-order valence-electron chi connectivity index (χ0n) is 11.7. The third-order valence-electron chi connectivity index (χ3n) is 3.04. The van der Waals surface area contributed by atoms with Crippen LogP contribution in [0.5, 0.6) is 0 Å². The van der Waals surface area contributed by atoms with Crippen molar-refractivity contribution >= 4 is 11.6 Å². The smallest absolute Gasteiger partial charge is 0.273 e. The molecule has 2 aromatic heterocycles. The van der Waals surface area contributed by atoms with Crippen molar-refractivity contribution in [2.75, 3.05) is 12.3 Å². The van der Waals surface area contributed by atoms with E-state index in [1.54, 1.807) is 6.33 Å². The van der Waals surface area contributed by atoms with Gasteiger partial charge in [0.1, 0.15) is 12.2 Å². The van der Waals surface area contributed by atoms with Crippen molar-refractivity contribution < 1.29 is 4.79 Å². The summed E-state index contributed by atoms with van der Waals surface area (Å²) in [6.45, 7) is 2.50. The number of anilines is 1. The zero-order valence-corrected chi connectivity index (χ0v) is 11.7. The molecule has 0 radical (unpaired) electrons. The van der Waals surface area contributed by atoms with Crippen molar-refractivity contribution in [1.82, 2.24) is 30.3 Å². The molecule has 1 amide bonds. The molecule has 0 saturated carbocycles. The van der Waals surface area contributed by atoms with Crippen molar-refractivity contribution in [2.45, 2.75) is 26.2 Å². The highest BCUT2D eigenvalue weighted by molar-refractivity contribution is 5.97. The van der Waals surface area contributed by atoms with Crippen LogP contribution in [0.1, 0.15) is 35.4 Å². The third kappa shape index (κ3) is 2.95. The van der Waals surface area contributed by atoms with Crippen LogP contribution >= 0.6 is 0 Å². The van der Waals surface area contributed by atoms with Crippen LogP contribution in [0.2, 0.25) is 0 Å². The molecule has 8 heteroatoms. The predicted octanol–water partition coefficient (Wildman–Crippen LogP) is 0.0454. The Balaban J connectivity index is 1.90. The lowest BCUT2D eigenvalue weighted by atomic mass is 10.2. The van der Waals surface area contributed by atoms with E-state index >= 15 is 0 Å². The summed E-state index contributed by atoms with van der Waals surface area (Å²) in [5.41, 5.74) is 7.40. The Morgan fingerprint density at radius 3 is 2.95 bits per heavy atom. The topological polar surface area (TPSA) is 115 Å². The van der Waals surface area contributed by atoms with Gasteiger partial charge in [0.05, 0.1) is 11.4 Å². The van der Waals surface area contributed by atoms with E-state index in [1.165, 1.54) is 0 Å². The summed E-state index contributed by atoms with van der Waals surface area (Å²) in [5, 5.41) is 17.3. The van der Waals surface area contributed by atoms with Gasteiger partial charge in [-0.1, -0.05) is 13.3 Å². The molecule has 0 fully saturated rings. The van der Waals surface area contributed by atoms with Crippen molar-refractivity contribution in [1.29, 1.82) is 0 Å². The number of hydrogen-bond acceptors (Lipinski definition) is 5. The Kier molecular flexibility index (Phi) is 4.34. The molecule has 2 rings (SSSR count). The number of carbonyl (C=O) groups is 1. The fourth-order valence-electron chi connectivity index (χ4n) is 1.91. The van der Waals surface area contributed by atoms with Gasteiger partial charge in [0.25, 0.3) is 5.91 Å². The van der Waals surface area contributed by atoms with Crippen LogP contribution in [0.3, 0.4) is 0 Å². The van der Waals surface area contributed by atoms with Crippen LogP contribution in [-0.2, 0) is 19.9 Å². The highest BCUT2D eigenvalue weighted by atomic mass is 16.1. The number of nitrogen functional groups attached to an aromatic ring is 1. The van der Waals surface area contributed by atoms with Gasteiger partial charge in [-0.05, 0) is 6.42 Å². The van der Waals surface area contributed by atoms with Crippen LogP contribution in [0.25, 0.3) is 0 Å². The molecular weight excluding hydrogens is 258 g/mol. The molecule has 0 bridgehead atoms. The summed E-state index contributed by atoms with van der Waals surface area (Å²) >= 11 is 0. The second kappa shape index (κ2) is 6.18. The van der Waals surface area contributed by atoms with Crippen molar-refractivity contribution in [3.05, 3.63) is 23.5 Å². The Bertz CT molecular complexity index is 586. The molecule has 0 aliphatic heterocycles. The highest BCUT2D eigenvalue weighted by Crippen LogP contribution is 2.15. The normalized spacial score (nSPS) is 10.7. The van der Waals surface area contributed by atoms with Crippen molar-refractivity contribution in [3.8, 4) is 0 Å². The van der Waals surface area contributed by atoms with Gasteiger partial charge in [0.2, 0.25) is 0 Å². The van der Waals surface area contributed by atoms with Crippen LogP contribution in [-0.4, -0.2) is 37.4 Å². The molecule has 0 unspecified atom stereocenters. The maximum absolute atomic E-state index is 12.0. The molecule has 0 saturated heterocycles. The van der Waals surface area contributed by atoms with Gasteiger partial charge in [-0.25, -0.2) is 0 Å². The number of amides is 1. The largest absolute Gasteiger partial charge is 0.395 e. The number of hydrogen-bond donors (Lipinski definition) is 3. The second-order valence-electron chi connectivity index (χ2n) is 4.58. The van der Waals surface area contributed by atoms with Crippen LogP contribution in [0.4, 0.5) is 5.69 Å². The van der Waals surface area contributed by atoms with Crippen LogP contribution < -0.4 is 11.1 Å². The van der Waals surface area contributed by atoms with Gasteiger partial charge in [0, 0.05) is 20.0 Å². The summed E-state index contributed by atoms with van der Waals surface area (Å²) in [4.78, 5) is 12.0. The number of aromatic nitrogens is 5. The molecule has 20 heavy (non-hydrogen) atoms. The quantitative estimate of drug-likeness (QED) is 0.690. The number of aromatic amines is 1. The first-order valence-corrected chi connectivity index (χ1v) is 6.57. The predicted molar refractivity (Wildman–Crippen MR) is 74.0 cm³/mol. The maximum atomic E-state index is 12.0. The number of aryl methyl sites for hydroxylation is 2. The van der Waals surface area contributed by atoms with Gasteiger partial charge < -0.3 is 15.6 Å². The van der Waals surface area contributed by atoms with Crippen LogP contribution in [0, 0.1) is 0 Å². The fourth-order valence-corrected chi connectivity index (χ4v) is 1.91. The average Bonchev–Trinajstić information content (AvgIpc) is 2.98. The minimum absolute atomic E-state index is 0.256. The van der Waals surface area contributed by atoms with E-state index in [2.05, 4.69) is 25.7 Å². The molecule has 0 spiro atoms. The lowest BCUT2D eigenvalue weighted by molar-refractivity contribution is 0.0950. The summed E-state index contributed by atoms with van der Waals surface area (Å²) in [7, 11) is 1.86. The van der Waals surface area contributed by atoms with Gasteiger partial charge in [-0.15, -0.1) is 10.2 Å². The molecule has 0 aromatic carbocycles. The molecule has 4 N–H and O–H groups in total. The minimum Gasteiger partial charge on any atom is -0.395 e. The number of H-pyrrole nitrogens is 1. The summed E-state index contributed by atoms with van der Waals surface area (Å²) < 4.78 is 1.81. The highest BCUT2D eigenvalue weighted by Gasteiger charge is 2.16. The molecule has 0 aliphatic rings. The molecule has 8 nitrogen and oxygen atoms in total. The Morgan fingerprint density at radius 2 is 2.30 bits per heavy atom. The number of rotatable bonds is 6. The molecule has 2 aromatic rings. The average molecular weight is 277 g/mol. The van der Waals surface area contributed by atoms with Gasteiger partial charge in [-0.3, -0.25) is 9.89 Å². The first-order valence-electron chi connectivity index (χ1n) is 6.57. The lowest BCUT2D eigenvalue weighted by Gasteiger charge is -2.03. The first kappa shape index (κ1) is 14.0. The van der Waals surface area contributed by atoms with E-state index in [0.29, 0.717) is 18.7 Å². The maximum Gasteiger partial charge on any atom is 0.273 e. The Labute approximate surface area is 116 Å². The molecule has 2 heterocycles. The van der Waals surface area contributed by atoms with Crippen molar-refractivity contribution in [2.24, 2.45) is 7.05 Å². The van der Waals surface area contributed by atoms with E-state index in [-0.39, 0.29) is 11.6 Å². The van der Waals surface area contributed by atoms with Gasteiger partial charge >= 0.3 is 0 Å². The first-order chi connectivity index (χ1) is 9.63. The van der Waals surface area contributed by atoms with Gasteiger partial charge in [-0.2, -0.15) is 5.10 Å². The SMILES string of the molecule is CCCc1[nH]nc(C(=O)NCCc2nncn2C)c1N. The zero-order chi connectivity index (χ0) is 14.5. The number of carbonyl (C=O) groups excluding carboxylic acids is 1. The number of nitrogens with two attached hydrogens (primary N) is 1. The van der Waals surface area contributed by atoms with Crippen LogP contribution in [0.15, 0.2) is 6.33 Å². The standard InChI is InChI=1S/C12H19N7O/c1-3-4-8-10(13)11(18-16-8)12(20)14-6-5-9-17-15-7-19(9)2/h7H,3-6,13H2,1-2H3,(H,14,20)(H,16,18). The number of nitrogens with zero attached hydrogens (tertiary/aromatic N) is 4. The van der Waals surface area contributed by atoms with E-state index < -0.39 is 0 Å². The van der Waals surface area contributed by atoms with E-state index in [4.69, 9.17) is 5.73 Å². The Hall–Kier alpha value is -2.38. The number of nitrogens with one attached hydrogen (secondary N) is 2. The molecule has 108 valence electrons. The van der Waals surface area contributed by atoms with E-state index in [1.807, 2.05) is 18.5 Å².